The zero-order valence-electron chi connectivity index (χ0n) is 12.3. The summed E-state index contributed by atoms with van der Waals surface area (Å²) >= 11 is 7.20. The first kappa shape index (κ1) is 13.7. The summed E-state index contributed by atoms with van der Waals surface area (Å²) in [5.74, 6) is 0. The highest BCUT2D eigenvalue weighted by atomic mass is 32.1. The van der Waals surface area contributed by atoms with Gasteiger partial charge in [0.05, 0.1) is 5.39 Å². The molecular weight excluding hydrogens is 300 g/mol. The van der Waals surface area contributed by atoms with Crippen molar-refractivity contribution in [2.45, 2.75) is 58.4 Å². The summed E-state index contributed by atoms with van der Waals surface area (Å²) in [6.07, 6.45) is 8.22. The van der Waals surface area contributed by atoms with Crippen molar-refractivity contribution in [3.05, 3.63) is 25.6 Å². The van der Waals surface area contributed by atoms with E-state index in [0.29, 0.717) is 10.2 Å². The molecule has 1 N–H and O–H groups in total. The fourth-order valence-electron chi connectivity index (χ4n) is 3.78. The fraction of sp³-hybridized carbons (Fsp3) is 0.625. The maximum absolute atomic E-state index is 13.0. The van der Waals surface area contributed by atoms with Crippen molar-refractivity contribution in [1.29, 1.82) is 0 Å². The van der Waals surface area contributed by atoms with Crippen LogP contribution < -0.4 is 5.56 Å². The molecule has 0 bridgehead atoms. The van der Waals surface area contributed by atoms with E-state index in [0.717, 1.165) is 29.6 Å². The van der Waals surface area contributed by atoms with Gasteiger partial charge in [0.25, 0.3) is 5.56 Å². The normalized spacial score (nSPS) is 19.1. The van der Waals surface area contributed by atoms with Crippen LogP contribution in [0.2, 0.25) is 0 Å². The molecule has 2 heterocycles. The Balaban J connectivity index is 1.86. The molecule has 1 saturated carbocycles. The van der Waals surface area contributed by atoms with E-state index < -0.39 is 0 Å². The van der Waals surface area contributed by atoms with E-state index in [2.05, 4.69) is 11.9 Å². The number of aromatic amines is 1. The van der Waals surface area contributed by atoms with Gasteiger partial charge < -0.3 is 4.98 Å². The number of aryl methyl sites for hydroxylation is 2. The van der Waals surface area contributed by atoms with Gasteiger partial charge in [0.1, 0.15) is 4.83 Å². The SMILES string of the molecule is CCCC1(Cn2c(=S)[nH]c3sc4c(c3c2=O)CCC4)CC1. The van der Waals surface area contributed by atoms with E-state index in [1.807, 2.05) is 4.57 Å². The molecule has 0 spiro atoms. The summed E-state index contributed by atoms with van der Waals surface area (Å²) in [5, 5.41) is 0.924. The number of nitrogens with zero attached hydrogens (tertiary/aromatic N) is 1. The quantitative estimate of drug-likeness (QED) is 0.858. The number of aromatic nitrogens is 2. The van der Waals surface area contributed by atoms with Gasteiger partial charge in [-0.05, 0) is 61.7 Å². The second kappa shape index (κ2) is 4.78. The van der Waals surface area contributed by atoms with E-state index in [4.69, 9.17) is 12.2 Å². The zero-order chi connectivity index (χ0) is 14.6. The zero-order valence-corrected chi connectivity index (χ0v) is 14.0. The van der Waals surface area contributed by atoms with Crippen molar-refractivity contribution in [1.82, 2.24) is 9.55 Å². The molecule has 0 radical (unpaired) electrons. The molecule has 0 unspecified atom stereocenters. The van der Waals surface area contributed by atoms with Gasteiger partial charge in [-0.3, -0.25) is 9.36 Å². The van der Waals surface area contributed by atoms with Gasteiger partial charge in [-0.2, -0.15) is 0 Å². The molecule has 1 fully saturated rings. The van der Waals surface area contributed by atoms with Gasteiger partial charge in [-0.1, -0.05) is 13.3 Å². The maximum Gasteiger partial charge on any atom is 0.263 e. The Bertz CT molecular complexity index is 823. The molecule has 0 amide bonds. The van der Waals surface area contributed by atoms with Crippen LogP contribution in [-0.2, 0) is 19.4 Å². The monoisotopic (exact) mass is 320 g/mol. The van der Waals surface area contributed by atoms with Crippen LogP contribution in [0.25, 0.3) is 10.2 Å². The molecule has 2 aromatic rings. The van der Waals surface area contributed by atoms with Gasteiger partial charge >= 0.3 is 0 Å². The number of hydrogen-bond donors (Lipinski definition) is 1. The largest absolute Gasteiger partial charge is 0.323 e. The van der Waals surface area contributed by atoms with E-state index in [-0.39, 0.29) is 5.56 Å². The van der Waals surface area contributed by atoms with Crippen LogP contribution in [-0.4, -0.2) is 9.55 Å². The van der Waals surface area contributed by atoms with Crippen LogP contribution in [0.1, 0.15) is 49.5 Å². The minimum Gasteiger partial charge on any atom is -0.323 e. The average Bonchev–Trinajstić information content (AvgIpc) is 2.89. The summed E-state index contributed by atoms with van der Waals surface area (Å²) in [7, 11) is 0. The molecule has 0 aromatic carbocycles. The summed E-state index contributed by atoms with van der Waals surface area (Å²) in [5.41, 5.74) is 1.78. The third kappa shape index (κ3) is 2.13. The van der Waals surface area contributed by atoms with Crippen molar-refractivity contribution >= 4 is 33.8 Å². The molecule has 0 saturated heterocycles. The molecular formula is C16H20N2OS2. The molecule has 4 rings (SSSR count). The Morgan fingerprint density at radius 2 is 2.19 bits per heavy atom. The van der Waals surface area contributed by atoms with Crippen LogP contribution >= 0.6 is 23.6 Å². The Hall–Kier alpha value is -0.940. The highest BCUT2D eigenvalue weighted by Gasteiger charge is 2.42. The molecule has 0 aliphatic heterocycles. The molecule has 3 nitrogen and oxygen atoms in total. The van der Waals surface area contributed by atoms with E-state index in [9.17, 15) is 4.79 Å². The van der Waals surface area contributed by atoms with Gasteiger partial charge in [0.2, 0.25) is 0 Å². The number of H-pyrrole nitrogens is 1. The molecule has 112 valence electrons. The van der Waals surface area contributed by atoms with Crippen LogP contribution in [0.3, 0.4) is 0 Å². The molecule has 2 aliphatic carbocycles. The minimum atomic E-state index is 0.149. The Morgan fingerprint density at radius 3 is 2.90 bits per heavy atom. The third-order valence-corrected chi connectivity index (χ3v) is 6.61. The lowest BCUT2D eigenvalue weighted by molar-refractivity contribution is 0.378. The van der Waals surface area contributed by atoms with Crippen LogP contribution in [0.5, 0.6) is 0 Å². The molecule has 5 heteroatoms. The summed E-state index contributed by atoms with van der Waals surface area (Å²) in [6.45, 7) is 3.02. The number of nitrogens with one attached hydrogen (secondary N) is 1. The van der Waals surface area contributed by atoms with Crippen LogP contribution in [0.15, 0.2) is 4.79 Å². The summed E-state index contributed by atoms with van der Waals surface area (Å²) in [4.78, 5) is 18.7. The standard InChI is InChI=1S/C16H20N2OS2/c1-2-6-16(7-8-16)9-18-14(19)12-10-4-3-5-11(10)21-13(12)17-15(18)20/h2-9H2,1H3,(H,17,20). The fourth-order valence-corrected chi connectivity index (χ4v) is 5.38. The number of thiophene rings is 1. The highest BCUT2D eigenvalue weighted by Crippen LogP contribution is 2.50. The van der Waals surface area contributed by atoms with Crippen LogP contribution in [0.4, 0.5) is 0 Å². The van der Waals surface area contributed by atoms with Gasteiger partial charge in [0, 0.05) is 11.4 Å². The topological polar surface area (TPSA) is 37.8 Å². The highest BCUT2D eigenvalue weighted by molar-refractivity contribution is 7.71. The average molecular weight is 320 g/mol. The molecule has 0 atom stereocenters. The first-order chi connectivity index (χ1) is 10.1. The lowest BCUT2D eigenvalue weighted by atomic mass is 10.0. The Labute approximate surface area is 133 Å². The van der Waals surface area contributed by atoms with Gasteiger partial charge in [-0.15, -0.1) is 11.3 Å². The molecule has 21 heavy (non-hydrogen) atoms. The van der Waals surface area contributed by atoms with Crippen LogP contribution in [0, 0.1) is 10.2 Å². The molecule has 2 aliphatic rings. The predicted molar refractivity (Wildman–Crippen MR) is 89.9 cm³/mol. The Kier molecular flexibility index (Phi) is 3.12. The van der Waals surface area contributed by atoms with Gasteiger partial charge in [-0.25, -0.2) is 0 Å². The van der Waals surface area contributed by atoms with Crippen molar-refractivity contribution in [2.75, 3.05) is 0 Å². The second-order valence-corrected chi connectivity index (χ2v) is 8.12. The summed E-state index contributed by atoms with van der Waals surface area (Å²) in [6, 6.07) is 0. The predicted octanol–water partition coefficient (Wildman–Crippen LogP) is 4.19. The van der Waals surface area contributed by atoms with E-state index in [1.54, 1.807) is 11.3 Å². The van der Waals surface area contributed by atoms with Crippen molar-refractivity contribution in [3.63, 3.8) is 0 Å². The van der Waals surface area contributed by atoms with Crippen molar-refractivity contribution < 1.29 is 0 Å². The minimum absolute atomic E-state index is 0.149. The first-order valence-electron chi connectivity index (χ1n) is 7.91. The smallest absolute Gasteiger partial charge is 0.263 e. The Morgan fingerprint density at radius 1 is 1.38 bits per heavy atom. The molecule has 2 aromatic heterocycles. The first-order valence-corrected chi connectivity index (χ1v) is 9.13. The second-order valence-electron chi connectivity index (χ2n) is 6.63. The number of hydrogen-bond acceptors (Lipinski definition) is 3. The number of fused-ring (bicyclic) bond motifs is 3. The van der Waals surface area contributed by atoms with Gasteiger partial charge in [0.15, 0.2) is 4.77 Å². The lowest BCUT2D eigenvalue weighted by Crippen LogP contribution is -2.26. The maximum atomic E-state index is 13.0. The van der Waals surface area contributed by atoms with E-state index in [1.165, 1.54) is 42.5 Å². The van der Waals surface area contributed by atoms with Crippen molar-refractivity contribution in [2.24, 2.45) is 5.41 Å². The van der Waals surface area contributed by atoms with Crippen molar-refractivity contribution in [3.8, 4) is 0 Å². The third-order valence-electron chi connectivity index (χ3n) is 5.08. The van der Waals surface area contributed by atoms with E-state index >= 15 is 0 Å². The number of rotatable bonds is 4. The lowest BCUT2D eigenvalue weighted by Gasteiger charge is -2.16. The summed E-state index contributed by atoms with van der Waals surface area (Å²) < 4.78 is 2.45.